The molecule has 0 N–H and O–H groups in total. The van der Waals surface area contributed by atoms with Crippen LogP contribution in [0.5, 0.6) is 0 Å². The van der Waals surface area contributed by atoms with Gasteiger partial charge in [0.05, 0.1) is 6.21 Å². The SMILES string of the molecule is Cc1cc(-c2ccc(/C=N/n3cnnc3)o2)ccc1Cl. The van der Waals surface area contributed by atoms with Crippen molar-refractivity contribution in [3.05, 3.63) is 59.3 Å². The number of nitrogens with zero attached hydrogens (tertiary/aromatic N) is 4. The third kappa shape index (κ3) is 2.62. The van der Waals surface area contributed by atoms with Gasteiger partial charge in [0.15, 0.2) is 0 Å². The summed E-state index contributed by atoms with van der Waals surface area (Å²) in [6.07, 6.45) is 4.61. The number of rotatable bonds is 3. The molecule has 0 bridgehead atoms. The minimum atomic E-state index is 0.654. The molecule has 3 rings (SSSR count). The zero-order valence-electron chi connectivity index (χ0n) is 10.7. The van der Waals surface area contributed by atoms with Gasteiger partial charge in [0, 0.05) is 10.6 Å². The maximum Gasteiger partial charge on any atom is 0.147 e. The van der Waals surface area contributed by atoms with Gasteiger partial charge in [-0.25, -0.2) is 4.68 Å². The van der Waals surface area contributed by atoms with Gasteiger partial charge in [0.1, 0.15) is 24.2 Å². The Balaban J connectivity index is 1.84. The minimum Gasteiger partial charge on any atom is -0.455 e. The first kappa shape index (κ1) is 12.6. The van der Waals surface area contributed by atoms with Crippen LogP contribution in [0.2, 0.25) is 5.02 Å². The number of benzene rings is 1. The number of hydrogen-bond acceptors (Lipinski definition) is 4. The zero-order chi connectivity index (χ0) is 13.9. The van der Waals surface area contributed by atoms with Gasteiger partial charge in [-0.1, -0.05) is 11.6 Å². The molecule has 6 heteroatoms. The summed E-state index contributed by atoms with van der Waals surface area (Å²) < 4.78 is 7.21. The average molecular weight is 287 g/mol. The third-order valence-electron chi connectivity index (χ3n) is 2.79. The van der Waals surface area contributed by atoms with Crippen molar-refractivity contribution in [2.24, 2.45) is 5.10 Å². The predicted octanol–water partition coefficient (Wildman–Crippen LogP) is 3.38. The Hall–Kier alpha value is -2.40. The second kappa shape index (κ2) is 5.30. The second-order valence-electron chi connectivity index (χ2n) is 4.25. The summed E-state index contributed by atoms with van der Waals surface area (Å²) in [5, 5.41) is 12.2. The van der Waals surface area contributed by atoms with Crippen LogP contribution in [0.3, 0.4) is 0 Å². The van der Waals surface area contributed by atoms with E-state index < -0.39 is 0 Å². The van der Waals surface area contributed by atoms with Gasteiger partial charge < -0.3 is 4.42 Å². The van der Waals surface area contributed by atoms with Crippen LogP contribution in [0.15, 0.2) is 52.5 Å². The topological polar surface area (TPSA) is 56.2 Å². The van der Waals surface area contributed by atoms with Crippen LogP contribution < -0.4 is 0 Å². The summed E-state index contributed by atoms with van der Waals surface area (Å²) in [5.41, 5.74) is 2.00. The van der Waals surface area contributed by atoms with Crippen LogP contribution >= 0.6 is 11.6 Å². The van der Waals surface area contributed by atoms with Gasteiger partial charge in [-0.15, -0.1) is 10.2 Å². The first-order chi connectivity index (χ1) is 9.72. The fourth-order valence-corrected chi connectivity index (χ4v) is 1.87. The molecule has 0 aliphatic heterocycles. The van der Waals surface area contributed by atoms with Crippen molar-refractivity contribution in [2.45, 2.75) is 6.92 Å². The Bertz CT molecular complexity index is 746. The summed E-state index contributed by atoms with van der Waals surface area (Å²) in [7, 11) is 0. The van der Waals surface area contributed by atoms with Crippen LogP contribution in [-0.2, 0) is 0 Å². The van der Waals surface area contributed by atoms with Crippen molar-refractivity contribution in [3.8, 4) is 11.3 Å². The van der Waals surface area contributed by atoms with E-state index in [1.165, 1.54) is 17.3 Å². The Morgan fingerprint density at radius 2 is 2.00 bits per heavy atom. The molecule has 100 valence electrons. The van der Waals surface area contributed by atoms with Crippen LogP contribution in [0.4, 0.5) is 0 Å². The van der Waals surface area contributed by atoms with E-state index in [1.807, 2.05) is 37.3 Å². The molecule has 0 saturated carbocycles. The monoisotopic (exact) mass is 286 g/mol. The van der Waals surface area contributed by atoms with E-state index in [4.69, 9.17) is 16.0 Å². The van der Waals surface area contributed by atoms with E-state index in [1.54, 1.807) is 6.21 Å². The van der Waals surface area contributed by atoms with E-state index in [-0.39, 0.29) is 0 Å². The number of aromatic nitrogens is 3. The highest BCUT2D eigenvalue weighted by Crippen LogP contribution is 2.25. The summed E-state index contributed by atoms with van der Waals surface area (Å²) >= 11 is 6.01. The molecule has 20 heavy (non-hydrogen) atoms. The Morgan fingerprint density at radius 3 is 2.75 bits per heavy atom. The Kier molecular flexibility index (Phi) is 3.35. The van der Waals surface area contributed by atoms with Gasteiger partial charge in [-0.3, -0.25) is 0 Å². The molecule has 0 aliphatic rings. The largest absolute Gasteiger partial charge is 0.455 e. The quantitative estimate of drug-likeness (QED) is 0.694. The number of furan rings is 1. The molecule has 0 amide bonds. The number of aryl methyl sites for hydroxylation is 1. The fraction of sp³-hybridized carbons (Fsp3) is 0.0714. The lowest BCUT2D eigenvalue weighted by atomic mass is 10.1. The van der Waals surface area contributed by atoms with Gasteiger partial charge in [-0.05, 0) is 42.8 Å². The minimum absolute atomic E-state index is 0.654. The number of hydrogen-bond donors (Lipinski definition) is 0. The molecule has 0 atom stereocenters. The first-order valence-electron chi connectivity index (χ1n) is 5.98. The lowest BCUT2D eigenvalue weighted by Crippen LogP contribution is -1.85. The molecule has 5 nitrogen and oxygen atoms in total. The molecule has 0 fully saturated rings. The highest BCUT2D eigenvalue weighted by molar-refractivity contribution is 6.31. The maximum atomic E-state index is 6.01. The van der Waals surface area contributed by atoms with Gasteiger partial charge in [0.2, 0.25) is 0 Å². The lowest BCUT2D eigenvalue weighted by Gasteiger charge is -2.00. The summed E-state index contributed by atoms with van der Waals surface area (Å²) in [6, 6.07) is 9.53. The van der Waals surface area contributed by atoms with Crippen molar-refractivity contribution in [1.29, 1.82) is 0 Å². The van der Waals surface area contributed by atoms with E-state index in [9.17, 15) is 0 Å². The van der Waals surface area contributed by atoms with Crippen LogP contribution in [0.1, 0.15) is 11.3 Å². The van der Waals surface area contributed by atoms with Crippen molar-refractivity contribution < 1.29 is 4.42 Å². The molecule has 0 aliphatic carbocycles. The van der Waals surface area contributed by atoms with Crippen molar-refractivity contribution in [3.63, 3.8) is 0 Å². The first-order valence-corrected chi connectivity index (χ1v) is 6.35. The maximum absolute atomic E-state index is 6.01. The van der Waals surface area contributed by atoms with Crippen molar-refractivity contribution in [1.82, 2.24) is 14.9 Å². The van der Waals surface area contributed by atoms with Crippen LogP contribution in [0.25, 0.3) is 11.3 Å². The standard InChI is InChI=1S/C14H11ClN4O/c1-10-6-11(2-4-13(10)15)14-5-3-12(20-14)7-18-19-8-16-17-9-19/h2-9H,1H3/b18-7+. The van der Waals surface area contributed by atoms with Gasteiger partial charge >= 0.3 is 0 Å². The third-order valence-corrected chi connectivity index (χ3v) is 3.22. The summed E-state index contributed by atoms with van der Waals surface area (Å²) in [4.78, 5) is 0. The molecule has 2 heterocycles. The smallest absolute Gasteiger partial charge is 0.147 e. The summed E-state index contributed by atoms with van der Waals surface area (Å²) in [5.74, 6) is 1.43. The van der Waals surface area contributed by atoms with E-state index in [0.717, 1.165) is 21.9 Å². The van der Waals surface area contributed by atoms with E-state index in [2.05, 4.69) is 15.3 Å². The molecule has 0 spiro atoms. The number of halogens is 1. The second-order valence-corrected chi connectivity index (χ2v) is 4.66. The molecule has 0 radical (unpaired) electrons. The molecule has 0 unspecified atom stereocenters. The average Bonchev–Trinajstić information content (AvgIpc) is 3.10. The van der Waals surface area contributed by atoms with Crippen molar-refractivity contribution in [2.75, 3.05) is 0 Å². The Labute approximate surface area is 120 Å². The fourth-order valence-electron chi connectivity index (χ4n) is 1.75. The molecule has 0 saturated heterocycles. The normalized spacial score (nSPS) is 11.3. The van der Waals surface area contributed by atoms with Crippen LogP contribution in [-0.4, -0.2) is 21.1 Å². The lowest BCUT2D eigenvalue weighted by molar-refractivity contribution is 0.574. The van der Waals surface area contributed by atoms with E-state index >= 15 is 0 Å². The van der Waals surface area contributed by atoms with Crippen LogP contribution in [0, 0.1) is 6.92 Å². The predicted molar refractivity (Wildman–Crippen MR) is 76.9 cm³/mol. The molecular weight excluding hydrogens is 276 g/mol. The zero-order valence-corrected chi connectivity index (χ0v) is 11.4. The van der Waals surface area contributed by atoms with E-state index in [0.29, 0.717) is 5.76 Å². The molecule has 3 aromatic rings. The van der Waals surface area contributed by atoms with Gasteiger partial charge in [0.25, 0.3) is 0 Å². The van der Waals surface area contributed by atoms with Crippen molar-refractivity contribution >= 4 is 17.8 Å². The molecular formula is C14H11ClN4O. The molecule has 1 aromatic carbocycles. The van der Waals surface area contributed by atoms with Gasteiger partial charge in [-0.2, -0.15) is 5.10 Å². The highest BCUT2D eigenvalue weighted by atomic mass is 35.5. The highest BCUT2D eigenvalue weighted by Gasteiger charge is 2.05. The Morgan fingerprint density at radius 1 is 1.20 bits per heavy atom. The molecule has 2 aromatic heterocycles. The summed E-state index contributed by atoms with van der Waals surface area (Å²) in [6.45, 7) is 1.96.